The van der Waals surface area contributed by atoms with Gasteiger partial charge in [-0.25, -0.2) is 15.0 Å². The molecule has 0 radical (unpaired) electrons. The van der Waals surface area contributed by atoms with Gasteiger partial charge in [-0.3, -0.25) is 0 Å². The van der Waals surface area contributed by atoms with Crippen molar-refractivity contribution in [2.45, 2.75) is 6.54 Å². The molecule has 0 spiro atoms. The highest BCUT2D eigenvalue weighted by molar-refractivity contribution is 5.83. The van der Waals surface area contributed by atoms with Gasteiger partial charge in [0.1, 0.15) is 6.33 Å². The molecule has 0 amide bonds. The monoisotopic (exact) mass is 274 g/mol. The van der Waals surface area contributed by atoms with Crippen LogP contribution in [0.3, 0.4) is 0 Å². The molecule has 0 atom stereocenters. The lowest BCUT2D eigenvalue weighted by Gasteiger charge is -2.10. The largest absolute Gasteiger partial charge is 0.479 e. The van der Waals surface area contributed by atoms with Gasteiger partial charge in [0, 0.05) is 20.2 Å². The normalized spacial score (nSPS) is 10.9. The summed E-state index contributed by atoms with van der Waals surface area (Å²) in [4.78, 5) is 14.8. The summed E-state index contributed by atoms with van der Waals surface area (Å²) in [5.74, 6) is 1.91. The zero-order chi connectivity index (χ0) is 14.1. The Morgan fingerprint density at radius 3 is 2.85 bits per heavy atom. The summed E-state index contributed by atoms with van der Waals surface area (Å²) < 4.78 is 12.0. The van der Waals surface area contributed by atoms with Gasteiger partial charge in [-0.15, -0.1) is 0 Å². The van der Waals surface area contributed by atoms with E-state index in [4.69, 9.17) is 9.26 Å². The third-order valence-electron chi connectivity index (χ3n) is 2.88. The predicted octanol–water partition coefficient (Wildman–Crippen LogP) is 0.937. The van der Waals surface area contributed by atoms with E-state index in [0.717, 1.165) is 17.0 Å². The molecule has 8 nitrogen and oxygen atoms in total. The van der Waals surface area contributed by atoms with E-state index < -0.39 is 0 Å². The Morgan fingerprint density at radius 1 is 1.30 bits per heavy atom. The third-order valence-corrected chi connectivity index (χ3v) is 2.88. The topological polar surface area (TPSA) is 82.1 Å². The zero-order valence-electron chi connectivity index (χ0n) is 11.4. The first-order valence-corrected chi connectivity index (χ1v) is 6.02. The van der Waals surface area contributed by atoms with Crippen LogP contribution in [-0.2, 0) is 6.54 Å². The van der Waals surface area contributed by atoms with Crippen molar-refractivity contribution in [2.75, 3.05) is 26.1 Å². The van der Waals surface area contributed by atoms with E-state index in [1.165, 1.54) is 6.33 Å². The number of hydrogen-bond donors (Lipinski definition) is 0. The first-order valence-electron chi connectivity index (χ1n) is 6.02. The number of imidazole rings is 1. The number of aromatic nitrogens is 5. The first-order chi connectivity index (χ1) is 9.69. The SMILES string of the molecule is COc1cc(Cn2cnc3c(N(C)C)ncnc32)on1. The average molecular weight is 274 g/mol. The molecule has 0 fully saturated rings. The molecule has 3 aromatic rings. The lowest BCUT2D eigenvalue weighted by atomic mass is 10.4. The van der Waals surface area contributed by atoms with Gasteiger partial charge in [-0.05, 0) is 5.16 Å². The summed E-state index contributed by atoms with van der Waals surface area (Å²) in [7, 11) is 5.38. The summed E-state index contributed by atoms with van der Waals surface area (Å²) in [6.07, 6.45) is 3.23. The minimum atomic E-state index is 0.452. The van der Waals surface area contributed by atoms with Crippen molar-refractivity contribution in [1.82, 2.24) is 24.7 Å². The van der Waals surface area contributed by atoms with Crippen molar-refractivity contribution in [3.05, 3.63) is 24.5 Å². The number of nitrogens with zero attached hydrogens (tertiary/aromatic N) is 6. The summed E-state index contributed by atoms with van der Waals surface area (Å²) in [6.45, 7) is 0.483. The maximum Gasteiger partial charge on any atom is 0.254 e. The maximum atomic E-state index is 5.18. The molecule has 3 aromatic heterocycles. The Balaban J connectivity index is 1.98. The molecule has 0 saturated carbocycles. The van der Waals surface area contributed by atoms with Crippen LogP contribution in [0, 0.1) is 0 Å². The van der Waals surface area contributed by atoms with Crippen molar-refractivity contribution in [1.29, 1.82) is 0 Å². The van der Waals surface area contributed by atoms with Crippen molar-refractivity contribution in [3.8, 4) is 5.88 Å². The number of ether oxygens (including phenoxy) is 1. The second kappa shape index (κ2) is 4.80. The van der Waals surface area contributed by atoms with Crippen molar-refractivity contribution >= 4 is 17.0 Å². The highest BCUT2D eigenvalue weighted by atomic mass is 16.5. The molecular weight excluding hydrogens is 260 g/mol. The summed E-state index contributed by atoms with van der Waals surface area (Å²) in [5.41, 5.74) is 1.50. The predicted molar refractivity (Wildman–Crippen MR) is 71.8 cm³/mol. The van der Waals surface area contributed by atoms with Crippen LogP contribution in [0.5, 0.6) is 5.88 Å². The van der Waals surface area contributed by atoms with E-state index in [2.05, 4.69) is 20.1 Å². The van der Waals surface area contributed by atoms with Crippen molar-refractivity contribution in [3.63, 3.8) is 0 Å². The van der Waals surface area contributed by atoms with Gasteiger partial charge in [0.05, 0.1) is 20.0 Å². The first kappa shape index (κ1) is 12.4. The number of rotatable bonds is 4. The highest BCUT2D eigenvalue weighted by Crippen LogP contribution is 2.20. The molecule has 20 heavy (non-hydrogen) atoms. The van der Waals surface area contributed by atoms with E-state index in [-0.39, 0.29) is 0 Å². The van der Waals surface area contributed by atoms with Gasteiger partial charge >= 0.3 is 0 Å². The molecule has 0 aromatic carbocycles. The molecule has 3 rings (SSSR count). The molecule has 0 aliphatic heterocycles. The van der Waals surface area contributed by atoms with Crippen LogP contribution in [0.25, 0.3) is 11.2 Å². The fraction of sp³-hybridized carbons (Fsp3) is 0.333. The zero-order valence-corrected chi connectivity index (χ0v) is 11.4. The highest BCUT2D eigenvalue weighted by Gasteiger charge is 2.13. The third kappa shape index (κ3) is 2.04. The van der Waals surface area contributed by atoms with Crippen molar-refractivity contribution < 1.29 is 9.26 Å². The van der Waals surface area contributed by atoms with Crippen LogP contribution >= 0.6 is 0 Å². The van der Waals surface area contributed by atoms with E-state index in [0.29, 0.717) is 18.2 Å². The molecule has 0 unspecified atom stereocenters. The molecule has 0 saturated heterocycles. The Kier molecular flexibility index (Phi) is 2.97. The lowest BCUT2D eigenvalue weighted by Crippen LogP contribution is -2.11. The Morgan fingerprint density at radius 2 is 2.15 bits per heavy atom. The van der Waals surface area contributed by atoms with Crippen LogP contribution in [-0.4, -0.2) is 45.9 Å². The molecule has 104 valence electrons. The minimum absolute atomic E-state index is 0.452. The van der Waals surface area contributed by atoms with Crippen LogP contribution in [0.2, 0.25) is 0 Å². The molecule has 0 bridgehead atoms. The Labute approximate surface area is 115 Å². The standard InChI is InChI=1S/C12H14N6O2/c1-17(2)11-10-12(14-6-13-11)18(7-15-10)5-8-4-9(19-3)16-20-8/h4,6-7H,5H2,1-3H3. The van der Waals surface area contributed by atoms with Crippen LogP contribution in [0.15, 0.2) is 23.2 Å². The molecular formula is C12H14N6O2. The minimum Gasteiger partial charge on any atom is -0.479 e. The molecule has 3 heterocycles. The lowest BCUT2D eigenvalue weighted by molar-refractivity contribution is 0.324. The number of anilines is 1. The molecule has 0 aliphatic rings. The van der Waals surface area contributed by atoms with Crippen LogP contribution in [0.4, 0.5) is 5.82 Å². The Bertz CT molecular complexity index is 732. The van der Waals surface area contributed by atoms with Gasteiger partial charge < -0.3 is 18.7 Å². The fourth-order valence-electron chi connectivity index (χ4n) is 1.94. The average Bonchev–Trinajstić information content (AvgIpc) is 3.06. The Hall–Kier alpha value is -2.64. The number of hydrogen-bond acceptors (Lipinski definition) is 7. The quantitative estimate of drug-likeness (QED) is 0.700. The number of fused-ring (bicyclic) bond motifs is 1. The van der Waals surface area contributed by atoms with E-state index >= 15 is 0 Å². The smallest absolute Gasteiger partial charge is 0.254 e. The van der Waals surface area contributed by atoms with E-state index in [1.807, 2.05) is 23.6 Å². The molecule has 8 heteroatoms. The van der Waals surface area contributed by atoms with Crippen molar-refractivity contribution in [2.24, 2.45) is 0 Å². The van der Waals surface area contributed by atoms with Gasteiger partial charge in [0.15, 0.2) is 22.7 Å². The summed E-state index contributed by atoms with van der Waals surface area (Å²) in [6, 6.07) is 1.74. The molecule has 0 N–H and O–H groups in total. The van der Waals surface area contributed by atoms with Gasteiger partial charge in [0.25, 0.3) is 5.88 Å². The van der Waals surface area contributed by atoms with Gasteiger partial charge in [0.2, 0.25) is 0 Å². The fourth-order valence-corrected chi connectivity index (χ4v) is 1.94. The second-order valence-corrected chi connectivity index (χ2v) is 4.47. The summed E-state index contributed by atoms with van der Waals surface area (Å²) >= 11 is 0. The van der Waals surface area contributed by atoms with Gasteiger partial charge in [-0.2, -0.15) is 0 Å². The molecule has 0 aliphatic carbocycles. The van der Waals surface area contributed by atoms with E-state index in [9.17, 15) is 0 Å². The maximum absolute atomic E-state index is 5.18. The van der Waals surface area contributed by atoms with Crippen LogP contribution < -0.4 is 9.64 Å². The van der Waals surface area contributed by atoms with E-state index in [1.54, 1.807) is 19.5 Å². The van der Waals surface area contributed by atoms with Crippen LogP contribution in [0.1, 0.15) is 5.76 Å². The van der Waals surface area contributed by atoms with Gasteiger partial charge in [-0.1, -0.05) is 0 Å². The second-order valence-electron chi connectivity index (χ2n) is 4.47. The number of methoxy groups -OCH3 is 1. The summed E-state index contributed by atoms with van der Waals surface area (Å²) in [5, 5.41) is 3.77.